The standard InChI is InChI=1S/C17H27NO2S/c1-3-18-17(15-9-5-4-6-10-15)13-21(19,20)16-11-7-8-14(2)12-16/h4-6,9-10,14,16-18H,3,7-8,11-13H2,1-2H3. The van der Waals surface area contributed by atoms with E-state index < -0.39 is 9.84 Å². The molecule has 1 fully saturated rings. The average Bonchev–Trinajstić information content (AvgIpc) is 2.47. The Kier molecular flexibility index (Phi) is 5.82. The summed E-state index contributed by atoms with van der Waals surface area (Å²) in [6, 6.07) is 9.81. The molecule has 1 aromatic carbocycles. The normalized spacial score (nSPS) is 24.7. The van der Waals surface area contributed by atoms with Crippen molar-refractivity contribution in [2.45, 2.75) is 50.8 Å². The van der Waals surface area contributed by atoms with Gasteiger partial charge in [-0.25, -0.2) is 8.42 Å². The molecule has 1 saturated carbocycles. The molecule has 21 heavy (non-hydrogen) atoms. The van der Waals surface area contributed by atoms with E-state index in [0.29, 0.717) is 5.92 Å². The maximum atomic E-state index is 12.7. The van der Waals surface area contributed by atoms with Crippen LogP contribution >= 0.6 is 0 Å². The highest BCUT2D eigenvalue weighted by molar-refractivity contribution is 7.92. The van der Waals surface area contributed by atoms with Gasteiger partial charge in [-0.3, -0.25) is 0 Å². The Morgan fingerprint density at radius 1 is 1.24 bits per heavy atom. The molecule has 3 nitrogen and oxygen atoms in total. The largest absolute Gasteiger partial charge is 0.309 e. The predicted octanol–water partition coefficient (Wildman–Crippen LogP) is 3.33. The van der Waals surface area contributed by atoms with E-state index in [4.69, 9.17) is 0 Å². The third kappa shape index (κ3) is 4.55. The van der Waals surface area contributed by atoms with Crippen molar-refractivity contribution in [3.8, 4) is 0 Å². The third-order valence-corrected chi connectivity index (χ3v) is 6.69. The van der Waals surface area contributed by atoms with Crippen LogP contribution in [0.15, 0.2) is 30.3 Å². The van der Waals surface area contributed by atoms with Crippen LogP contribution in [0, 0.1) is 5.92 Å². The van der Waals surface area contributed by atoms with Crippen LogP contribution in [-0.4, -0.2) is 26.0 Å². The molecule has 0 aromatic heterocycles. The first-order chi connectivity index (χ1) is 10.0. The number of rotatable bonds is 6. The molecule has 0 spiro atoms. The van der Waals surface area contributed by atoms with Crippen LogP contribution in [0.25, 0.3) is 0 Å². The first-order valence-corrected chi connectivity index (χ1v) is 9.74. The zero-order valence-electron chi connectivity index (χ0n) is 13.1. The van der Waals surface area contributed by atoms with Gasteiger partial charge < -0.3 is 5.32 Å². The fraction of sp³-hybridized carbons (Fsp3) is 0.647. The minimum atomic E-state index is -3.05. The van der Waals surface area contributed by atoms with E-state index >= 15 is 0 Å². The fourth-order valence-electron chi connectivity index (χ4n) is 3.28. The molecule has 1 aliphatic rings. The van der Waals surface area contributed by atoms with E-state index in [0.717, 1.165) is 31.4 Å². The Hall–Kier alpha value is -0.870. The van der Waals surface area contributed by atoms with Gasteiger partial charge in [-0.2, -0.15) is 0 Å². The summed E-state index contributed by atoms with van der Waals surface area (Å²) in [5.74, 6) is 0.746. The van der Waals surface area contributed by atoms with Gasteiger partial charge in [-0.05, 0) is 30.9 Å². The van der Waals surface area contributed by atoms with E-state index in [1.54, 1.807) is 0 Å². The molecule has 0 bridgehead atoms. The molecule has 0 aliphatic heterocycles. The summed E-state index contributed by atoms with van der Waals surface area (Å²) in [6.45, 7) is 4.96. The quantitative estimate of drug-likeness (QED) is 0.876. The van der Waals surface area contributed by atoms with Gasteiger partial charge in [-0.15, -0.1) is 0 Å². The highest BCUT2D eigenvalue weighted by Gasteiger charge is 2.32. The Bertz CT molecular complexity index is 527. The highest BCUT2D eigenvalue weighted by Crippen LogP contribution is 2.30. The van der Waals surface area contributed by atoms with Crippen LogP contribution in [0.3, 0.4) is 0 Å². The molecule has 1 aliphatic carbocycles. The molecule has 0 radical (unpaired) electrons. The van der Waals surface area contributed by atoms with Gasteiger partial charge in [0.2, 0.25) is 0 Å². The zero-order valence-corrected chi connectivity index (χ0v) is 13.9. The summed E-state index contributed by atoms with van der Waals surface area (Å²) in [4.78, 5) is 0. The lowest BCUT2D eigenvalue weighted by Crippen LogP contribution is -2.35. The highest BCUT2D eigenvalue weighted by atomic mass is 32.2. The molecule has 3 atom stereocenters. The van der Waals surface area contributed by atoms with Gasteiger partial charge in [0.15, 0.2) is 9.84 Å². The van der Waals surface area contributed by atoms with Crippen molar-refractivity contribution >= 4 is 9.84 Å². The van der Waals surface area contributed by atoms with Crippen molar-refractivity contribution in [2.24, 2.45) is 5.92 Å². The van der Waals surface area contributed by atoms with Crippen molar-refractivity contribution in [3.63, 3.8) is 0 Å². The second-order valence-corrected chi connectivity index (χ2v) is 8.57. The maximum Gasteiger partial charge on any atom is 0.155 e. The number of benzene rings is 1. The summed E-state index contributed by atoms with van der Waals surface area (Å²) in [7, 11) is -3.05. The monoisotopic (exact) mass is 309 g/mol. The SMILES string of the molecule is CCNC(CS(=O)(=O)C1CCCC(C)C1)c1ccccc1. The zero-order chi connectivity index (χ0) is 15.3. The van der Waals surface area contributed by atoms with Gasteiger partial charge in [0, 0.05) is 6.04 Å². The van der Waals surface area contributed by atoms with Crippen molar-refractivity contribution in [1.82, 2.24) is 5.32 Å². The minimum absolute atomic E-state index is 0.0987. The number of nitrogens with one attached hydrogen (secondary N) is 1. The van der Waals surface area contributed by atoms with Crippen LogP contribution in [0.5, 0.6) is 0 Å². The Balaban J connectivity index is 2.12. The summed E-state index contributed by atoms with van der Waals surface area (Å²) in [5.41, 5.74) is 1.06. The van der Waals surface area contributed by atoms with Crippen LogP contribution in [0.4, 0.5) is 0 Å². The minimum Gasteiger partial charge on any atom is -0.309 e. The Morgan fingerprint density at radius 3 is 2.57 bits per heavy atom. The van der Waals surface area contributed by atoms with Crippen molar-refractivity contribution in [1.29, 1.82) is 0 Å². The van der Waals surface area contributed by atoms with E-state index in [2.05, 4.69) is 12.2 Å². The Morgan fingerprint density at radius 2 is 1.95 bits per heavy atom. The molecule has 1 N–H and O–H groups in total. The molecule has 0 amide bonds. The molecular formula is C17H27NO2S. The molecule has 118 valence electrons. The van der Waals surface area contributed by atoms with Crippen molar-refractivity contribution in [2.75, 3.05) is 12.3 Å². The molecule has 3 unspecified atom stereocenters. The van der Waals surface area contributed by atoms with Crippen LogP contribution in [0.1, 0.15) is 51.1 Å². The molecule has 4 heteroatoms. The average molecular weight is 309 g/mol. The lowest BCUT2D eigenvalue weighted by Gasteiger charge is -2.28. The van der Waals surface area contributed by atoms with E-state index in [1.807, 2.05) is 37.3 Å². The third-order valence-electron chi connectivity index (χ3n) is 4.45. The summed E-state index contributed by atoms with van der Waals surface area (Å²) in [5, 5.41) is 3.18. The van der Waals surface area contributed by atoms with Gasteiger partial charge in [0.05, 0.1) is 11.0 Å². The lowest BCUT2D eigenvalue weighted by molar-refractivity contribution is 0.380. The smallest absolute Gasteiger partial charge is 0.155 e. The van der Waals surface area contributed by atoms with Gasteiger partial charge >= 0.3 is 0 Å². The Labute approximate surface area is 129 Å². The molecule has 0 heterocycles. The molecule has 0 saturated heterocycles. The van der Waals surface area contributed by atoms with Crippen LogP contribution < -0.4 is 5.32 Å². The second-order valence-electron chi connectivity index (χ2n) is 6.24. The van der Waals surface area contributed by atoms with Crippen LogP contribution in [-0.2, 0) is 9.84 Å². The second kappa shape index (κ2) is 7.41. The summed E-state index contributed by atoms with van der Waals surface area (Å²) < 4.78 is 25.5. The first-order valence-electron chi connectivity index (χ1n) is 8.02. The molecular weight excluding hydrogens is 282 g/mol. The summed E-state index contributed by atoms with van der Waals surface area (Å²) >= 11 is 0. The fourth-order valence-corrected chi connectivity index (χ4v) is 5.47. The number of hydrogen-bond donors (Lipinski definition) is 1. The molecule has 2 rings (SSSR count). The van der Waals surface area contributed by atoms with Gasteiger partial charge in [0.1, 0.15) is 0 Å². The van der Waals surface area contributed by atoms with E-state index in [9.17, 15) is 8.42 Å². The molecule has 1 aromatic rings. The predicted molar refractivity (Wildman–Crippen MR) is 88.1 cm³/mol. The maximum absolute atomic E-state index is 12.7. The van der Waals surface area contributed by atoms with Crippen molar-refractivity contribution < 1.29 is 8.42 Å². The topological polar surface area (TPSA) is 46.2 Å². The first kappa shape index (κ1) is 16.5. The van der Waals surface area contributed by atoms with Gasteiger partial charge in [0.25, 0.3) is 0 Å². The van der Waals surface area contributed by atoms with E-state index in [-0.39, 0.29) is 17.0 Å². The van der Waals surface area contributed by atoms with Crippen LogP contribution in [0.2, 0.25) is 0 Å². The number of sulfone groups is 1. The van der Waals surface area contributed by atoms with Gasteiger partial charge in [-0.1, -0.05) is 57.0 Å². The summed E-state index contributed by atoms with van der Waals surface area (Å²) in [6.07, 6.45) is 3.87. The number of hydrogen-bond acceptors (Lipinski definition) is 3. The van der Waals surface area contributed by atoms with E-state index in [1.165, 1.54) is 6.42 Å². The lowest BCUT2D eigenvalue weighted by atomic mass is 9.91. The van der Waals surface area contributed by atoms with Crippen molar-refractivity contribution in [3.05, 3.63) is 35.9 Å².